The van der Waals surface area contributed by atoms with Crippen LogP contribution in [0.3, 0.4) is 0 Å². The van der Waals surface area contributed by atoms with E-state index >= 15 is 0 Å². The summed E-state index contributed by atoms with van der Waals surface area (Å²) in [5.74, 6) is -1.04. The first-order valence-corrected chi connectivity index (χ1v) is 11.0. The molecule has 2 saturated heterocycles. The molecule has 0 aliphatic carbocycles. The summed E-state index contributed by atoms with van der Waals surface area (Å²) in [5, 5.41) is 3.92. The third-order valence-electron chi connectivity index (χ3n) is 6.57. The summed E-state index contributed by atoms with van der Waals surface area (Å²) in [6.45, 7) is 2.31. The largest absolute Gasteiger partial charge is 0.451 e. The van der Waals surface area contributed by atoms with E-state index in [0.29, 0.717) is 42.8 Å². The SMILES string of the molecule is Cc1cnc(C(F)(F)F)nc1N1CC2(CCN(c3cnc4cnn(CC(F)F)c4n3)CC2)CC1=O. The molecule has 186 valence electrons. The van der Waals surface area contributed by atoms with Crippen molar-refractivity contribution in [3.63, 3.8) is 0 Å². The Kier molecular flexibility index (Phi) is 5.55. The highest BCUT2D eigenvalue weighted by molar-refractivity contribution is 5.96. The number of carbonyl (C=O) groups is 1. The van der Waals surface area contributed by atoms with Gasteiger partial charge in [0.25, 0.3) is 6.43 Å². The Morgan fingerprint density at radius 3 is 2.51 bits per heavy atom. The standard InChI is InChI=1S/C21H21F5N8O/c1-12-7-28-19(21(24,25)26)31-17(12)33-11-20(6-16(33)35)2-4-32(5-3-20)15-9-27-13-8-29-34(10-14(22)23)18(13)30-15/h7-9,14H,2-6,10-11H2,1H3. The molecule has 2 aliphatic rings. The normalized spacial score (nSPS) is 18.4. The number of aromatic nitrogens is 6. The number of nitrogens with zero attached hydrogens (tertiary/aromatic N) is 8. The van der Waals surface area contributed by atoms with Crippen molar-refractivity contribution in [1.82, 2.24) is 29.7 Å². The summed E-state index contributed by atoms with van der Waals surface area (Å²) in [6, 6.07) is 0. The topological polar surface area (TPSA) is 92.9 Å². The van der Waals surface area contributed by atoms with Crippen molar-refractivity contribution in [3.8, 4) is 0 Å². The zero-order chi connectivity index (χ0) is 25.0. The van der Waals surface area contributed by atoms with Crippen LogP contribution >= 0.6 is 0 Å². The maximum absolute atomic E-state index is 13.1. The first-order chi connectivity index (χ1) is 16.5. The molecule has 2 fully saturated rings. The molecule has 0 bridgehead atoms. The average Bonchev–Trinajstić information content (AvgIpc) is 3.33. The zero-order valence-corrected chi connectivity index (χ0v) is 18.6. The van der Waals surface area contributed by atoms with Crippen molar-refractivity contribution >= 4 is 28.7 Å². The molecule has 0 unspecified atom stereocenters. The van der Waals surface area contributed by atoms with Crippen LogP contribution in [0, 0.1) is 12.3 Å². The van der Waals surface area contributed by atoms with Crippen LogP contribution in [-0.2, 0) is 17.5 Å². The predicted octanol–water partition coefficient (Wildman–Crippen LogP) is 3.23. The Balaban J connectivity index is 1.32. The van der Waals surface area contributed by atoms with Crippen molar-refractivity contribution in [3.05, 3.63) is 30.0 Å². The summed E-state index contributed by atoms with van der Waals surface area (Å²) in [6.07, 6.45) is -1.85. The van der Waals surface area contributed by atoms with Gasteiger partial charge in [0.15, 0.2) is 5.65 Å². The molecule has 5 heterocycles. The smallest absolute Gasteiger partial charge is 0.355 e. The van der Waals surface area contributed by atoms with Gasteiger partial charge in [0.2, 0.25) is 11.7 Å². The number of amides is 1. The molecular formula is C21H21F5N8O. The third kappa shape index (κ3) is 4.36. The van der Waals surface area contributed by atoms with E-state index in [4.69, 9.17) is 0 Å². The second-order valence-corrected chi connectivity index (χ2v) is 9.00. The number of hydrogen-bond donors (Lipinski definition) is 0. The van der Waals surface area contributed by atoms with Gasteiger partial charge < -0.3 is 4.90 Å². The van der Waals surface area contributed by atoms with E-state index in [9.17, 15) is 26.7 Å². The van der Waals surface area contributed by atoms with E-state index in [1.165, 1.54) is 11.1 Å². The minimum atomic E-state index is -4.71. The first kappa shape index (κ1) is 23.3. The van der Waals surface area contributed by atoms with Crippen LogP contribution in [0.1, 0.15) is 30.7 Å². The van der Waals surface area contributed by atoms with Crippen LogP contribution in [0.25, 0.3) is 11.2 Å². The van der Waals surface area contributed by atoms with Gasteiger partial charge in [-0.3, -0.25) is 9.69 Å². The van der Waals surface area contributed by atoms with Crippen molar-refractivity contribution < 1.29 is 26.7 Å². The summed E-state index contributed by atoms with van der Waals surface area (Å²) in [7, 11) is 0. The lowest BCUT2D eigenvalue weighted by molar-refractivity contribution is -0.145. The van der Waals surface area contributed by atoms with Crippen molar-refractivity contribution in [2.45, 2.75) is 45.3 Å². The van der Waals surface area contributed by atoms with Gasteiger partial charge in [-0.05, 0) is 19.8 Å². The summed E-state index contributed by atoms with van der Waals surface area (Å²) in [5.41, 5.74) is 0.673. The van der Waals surface area contributed by atoms with Crippen molar-refractivity contribution in [2.75, 3.05) is 29.4 Å². The van der Waals surface area contributed by atoms with E-state index in [2.05, 4.69) is 25.0 Å². The number of aryl methyl sites for hydroxylation is 1. The van der Waals surface area contributed by atoms with E-state index in [1.54, 1.807) is 13.1 Å². The van der Waals surface area contributed by atoms with E-state index in [-0.39, 0.29) is 30.3 Å². The fraction of sp³-hybridized carbons (Fsp3) is 0.524. The second kappa shape index (κ2) is 8.34. The van der Waals surface area contributed by atoms with Gasteiger partial charge in [-0.1, -0.05) is 0 Å². The molecule has 0 aromatic carbocycles. The van der Waals surface area contributed by atoms with Crippen LogP contribution < -0.4 is 9.80 Å². The zero-order valence-electron chi connectivity index (χ0n) is 18.6. The third-order valence-corrected chi connectivity index (χ3v) is 6.57. The quantitative estimate of drug-likeness (QED) is 0.512. The lowest BCUT2D eigenvalue weighted by Crippen LogP contribution is -2.42. The van der Waals surface area contributed by atoms with Gasteiger partial charge in [0, 0.05) is 43.2 Å². The van der Waals surface area contributed by atoms with E-state index < -0.39 is 30.4 Å². The van der Waals surface area contributed by atoms with Crippen LogP contribution in [0.15, 0.2) is 18.6 Å². The monoisotopic (exact) mass is 496 g/mol. The highest BCUT2D eigenvalue weighted by atomic mass is 19.4. The molecule has 1 spiro atoms. The van der Waals surface area contributed by atoms with E-state index in [1.807, 2.05) is 4.90 Å². The van der Waals surface area contributed by atoms with Crippen LogP contribution in [0.5, 0.6) is 0 Å². The molecule has 3 aromatic rings. The van der Waals surface area contributed by atoms with Crippen molar-refractivity contribution in [1.29, 1.82) is 0 Å². The molecule has 14 heteroatoms. The molecule has 0 atom stereocenters. The van der Waals surface area contributed by atoms with Gasteiger partial charge >= 0.3 is 6.18 Å². The van der Waals surface area contributed by atoms with Gasteiger partial charge in [0.1, 0.15) is 23.7 Å². The van der Waals surface area contributed by atoms with Gasteiger partial charge in [-0.25, -0.2) is 33.4 Å². The molecule has 5 rings (SSSR count). The average molecular weight is 496 g/mol. The number of alkyl halides is 5. The Morgan fingerprint density at radius 1 is 1.09 bits per heavy atom. The maximum Gasteiger partial charge on any atom is 0.451 e. The molecule has 0 N–H and O–H groups in total. The number of hydrogen-bond acceptors (Lipinski definition) is 7. The minimum Gasteiger partial charge on any atom is -0.355 e. The number of rotatable bonds is 4. The number of piperidine rings is 1. The van der Waals surface area contributed by atoms with E-state index in [0.717, 1.165) is 10.9 Å². The molecule has 9 nitrogen and oxygen atoms in total. The van der Waals surface area contributed by atoms with Gasteiger partial charge in [-0.2, -0.15) is 18.3 Å². The Morgan fingerprint density at radius 2 is 1.83 bits per heavy atom. The predicted molar refractivity (Wildman–Crippen MR) is 114 cm³/mol. The Hall–Kier alpha value is -3.45. The summed E-state index contributed by atoms with van der Waals surface area (Å²) in [4.78, 5) is 31.9. The highest BCUT2D eigenvalue weighted by Crippen LogP contribution is 2.43. The maximum atomic E-state index is 13.1. The Bertz CT molecular complexity index is 1270. The highest BCUT2D eigenvalue weighted by Gasteiger charge is 2.47. The summed E-state index contributed by atoms with van der Waals surface area (Å²) >= 11 is 0. The fourth-order valence-electron chi connectivity index (χ4n) is 4.73. The second-order valence-electron chi connectivity index (χ2n) is 9.00. The number of halogens is 5. The van der Waals surface area contributed by atoms with Crippen LogP contribution in [-0.4, -0.2) is 61.7 Å². The van der Waals surface area contributed by atoms with Crippen LogP contribution in [0.4, 0.5) is 33.6 Å². The number of fused-ring (bicyclic) bond motifs is 1. The molecule has 0 saturated carbocycles. The minimum absolute atomic E-state index is 0.0137. The van der Waals surface area contributed by atoms with Gasteiger partial charge in [0.05, 0.1) is 12.4 Å². The first-order valence-electron chi connectivity index (χ1n) is 11.0. The molecule has 35 heavy (non-hydrogen) atoms. The molecule has 1 amide bonds. The lowest BCUT2D eigenvalue weighted by atomic mass is 9.77. The molecule has 2 aliphatic heterocycles. The molecular weight excluding hydrogens is 475 g/mol. The van der Waals surface area contributed by atoms with Crippen LogP contribution in [0.2, 0.25) is 0 Å². The number of anilines is 2. The Labute approximate surface area is 196 Å². The lowest BCUT2D eigenvalue weighted by Gasteiger charge is -2.39. The molecule has 0 radical (unpaired) electrons. The molecule has 3 aromatic heterocycles. The fourth-order valence-corrected chi connectivity index (χ4v) is 4.73. The summed E-state index contributed by atoms with van der Waals surface area (Å²) < 4.78 is 66.1. The number of carbonyl (C=O) groups excluding carboxylic acids is 1. The van der Waals surface area contributed by atoms with Gasteiger partial charge in [-0.15, -0.1) is 0 Å². The van der Waals surface area contributed by atoms with Crippen molar-refractivity contribution in [2.24, 2.45) is 5.41 Å².